The quantitative estimate of drug-likeness (QED) is 0.425. The number of hydrogen-bond acceptors (Lipinski definition) is 9. The van der Waals surface area contributed by atoms with E-state index in [1.54, 1.807) is 0 Å². The highest BCUT2D eigenvalue weighted by Crippen LogP contribution is 2.25. The number of rotatable bonds is 7. The molecule has 0 spiro atoms. The Morgan fingerprint density at radius 1 is 1.25 bits per heavy atom. The first-order valence-corrected chi connectivity index (χ1v) is 9.15. The molecule has 1 aromatic carbocycles. The molecule has 1 aliphatic heterocycles. The van der Waals surface area contributed by atoms with Crippen LogP contribution in [-0.2, 0) is 17.9 Å². The third-order valence-electron chi connectivity index (χ3n) is 4.25. The van der Waals surface area contributed by atoms with Gasteiger partial charge in [-0.25, -0.2) is 9.97 Å². The molecule has 0 saturated heterocycles. The SMILES string of the molecule is O=[N+]([O-])c1cn2c(n1)OC[C@@H](OCc1cnc(Nc3ccc(OC(F)(F)F)cc3)nc1)C2. The lowest BCUT2D eigenvalue weighted by molar-refractivity contribution is -0.389. The summed E-state index contributed by atoms with van der Waals surface area (Å²) in [6.45, 7) is 0.733. The number of benzene rings is 1. The summed E-state index contributed by atoms with van der Waals surface area (Å²) in [6, 6.07) is 5.32. The Morgan fingerprint density at radius 3 is 2.62 bits per heavy atom. The Labute approximate surface area is 177 Å². The Balaban J connectivity index is 1.28. The van der Waals surface area contributed by atoms with Crippen molar-refractivity contribution < 1.29 is 32.3 Å². The van der Waals surface area contributed by atoms with Crippen molar-refractivity contribution in [1.29, 1.82) is 0 Å². The van der Waals surface area contributed by atoms with Crippen molar-refractivity contribution in [3.63, 3.8) is 0 Å². The highest BCUT2D eigenvalue weighted by Gasteiger charge is 2.31. The fourth-order valence-electron chi connectivity index (χ4n) is 2.84. The van der Waals surface area contributed by atoms with Gasteiger partial charge in [0.25, 0.3) is 0 Å². The molecule has 0 radical (unpaired) electrons. The van der Waals surface area contributed by atoms with Gasteiger partial charge < -0.3 is 29.6 Å². The lowest BCUT2D eigenvalue weighted by atomic mass is 10.3. The summed E-state index contributed by atoms with van der Waals surface area (Å²) in [6.07, 6.45) is -0.734. The zero-order chi connectivity index (χ0) is 22.7. The van der Waals surface area contributed by atoms with Crippen molar-refractivity contribution in [2.24, 2.45) is 0 Å². The number of fused-ring (bicyclic) bond motifs is 1. The van der Waals surface area contributed by atoms with Crippen molar-refractivity contribution in [3.8, 4) is 11.8 Å². The monoisotopic (exact) mass is 452 g/mol. The van der Waals surface area contributed by atoms with Gasteiger partial charge in [-0.15, -0.1) is 13.2 Å². The summed E-state index contributed by atoms with van der Waals surface area (Å²) in [7, 11) is 0. The van der Waals surface area contributed by atoms with Crippen LogP contribution in [0.2, 0.25) is 0 Å². The second-order valence-corrected chi connectivity index (χ2v) is 6.65. The summed E-state index contributed by atoms with van der Waals surface area (Å²) in [5.74, 6) is -0.380. The highest BCUT2D eigenvalue weighted by molar-refractivity contribution is 5.54. The molecule has 14 heteroatoms. The molecule has 0 aliphatic carbocycles. The normalized spacial score (nSPS) is 15.5. The van der Waals surface area contributed by atoms with Crippen LogP contribution >= 0.6 is 0 Å². The van der Waals surface area contributed by atoms with E-state index < -0.39 is 11.3 Å². The van der Waals surface area contributed by atoms with Gasteiger partial charge in [0.1, 0.15) is 24.7 Å². The molecule has 168 valence electrons. The van der Waals surface area contributed by atoms with E-state index in [0.717, 1.165) is 0 Å². The molecule has 0 fully saturated rings. The number of hydrogen-bond donors (Lipinski definition) is 1. The van der Waals surface area contributed by atoms with Crippen LogP contribution < -0.4 is 14.8 Å². The van der Waals surface area contributed by atoms with E-state index in [1.807, 2.05) is 0 Å². The van der Waals surface area contributed by atoms with Crippen LogP contribution in [0.3, 0.4) is 0 Å². The Kier molecular flexibility index (Phi) is 5.77. The number of nitrogens with one attached hydrogen (secondary N) is 1. The molecule has 0 amide bonds. The minimum atomic E-state index is -4.75. The predicted molar refractivity (Wildman–Crippen MR) is 101 cm³/mol. The van der Waals surface area contributed by atoms with Gasteiger partial charge in [0.15, 0.2) is 0 Å². The fourth-order valence-corrected chi connectivity index (χ4v) is 2.84. The fraction of sp³-hybridized carbons (Fsp3) is 0.278. The lowest BCUT2D eigenvalue weighted by Gasteiger charge is -2.22. The summed E-state index contributed by atoms with van der Waals surface area (Å²) in [5.41, 5.74) is 1.15. The van der Waals surface area contributed by atoms with Crippen LogP contribution in [0.15, 0.2) is 42.9 Å². The number of ether oxygens (including phenoxy) is 3. The van der Waals surface area contributed by atoms with Gasteiger partial charge in [-0.3, -0.25) is 4.57 Å². The van der Waals surface area contributed by atoms with Gasteiger partial charge in [0.2, 0.25) is 5.95 Å². The van der Waals surface area contributed by atoms with Crippen LogP contribution in [0.1, 0.15) is 5.56 Å². The van der Waals surface area contributed by atoms with Crippen LogP contribution in [0.5, 0.6) is 11.8 Å². The van der Waals surface area contributed by atoms with Crippen LogP contribution in [0.4, 0.5) is 30.6 Å². The maximum absolute atomic E-state index is 12.2. The molecular weight excluding hydrogens is 437 g/mol. The molecule has 11 nitrogen and oxygen atoms in total. The van der Waals surface area contributed by atoms with E-state index >= 15 is 0 Å². The molecule has 3 heterocycles. The van der Waals surface area contributed by atoms with Crippen molar-refractivity contribution in [2.75, 3.05) is 11.9 Å². The highest BCUT2D eigenvalue weighted by atomic mass is 19.4. The zero-order valence-electron chi connectivity index (χ0n) is 16.2. The molecule has 0 saturated carbocycles. The van der Waals surface area contributed by atoms with E-state index in [1.165, 1.54) is 47.4 Å². The number of nitro groups is 1. The molecule has 0 unspecified atom stereocenters. The van der Waals surface area contributed by atoms with Gasteiger partial charge in [-0.1, -0.05) is 0 Å². The van der Waals surface area contributed by atoms with E-state index in [4.69, 9.17) is 9.47 Å². The summed E-state index contributed by atoms with van der Waals surface area (Å²) >= 11 is 0. The van der Waals surface area contributed by atoms with Crippen LogP contribution in [-0.4, -0.2) is 43.5 Å². The molecular formula is C18H15F3N6O5. The molecule has 32 heavy (non-hydrogen) atoms. The molecule has 4 rings (SSSR count). The van der Waals surface area contributed by atoms with Gasteiger partial charge in [0.05, 0.1) is 13.2 Å². The predicted octanol–water partition coefficient (Wildman–Crippen LogP) is 3.20. The van der Waals surface area contributed by atoms with Crippen LogP contribution in [0, 0.1) is 10.1 Å². The third-order valence-corrected chi connectivity index (χ3v) is 4.25. The van der Waals surface area contributed by atoms with E-state index in [9.17, 15) is 23.3 Å². The number of halogens is 3. The number of alkyl halides is 3. The summed E-state index contributed by atoms with van der Waals surface area (Å²) in [4.78, 5) is 22.3. The van der Waals surface area contributed by atoms with Crippen molar-refractivity contribution in [3.05, 3.63) is 58.5 Å². The maximum atomic E-state index is 12.2. The van der Waals surface area contributed by atoms with Crippen LogP contribution in [0.25, 0.3) is 0 Å². The largest absolute Gasteiger partial charge is 0.573 e. The average Bonchev–Trinajstić information content (AvgIpc) is 3.17. The van der Waals surface area contributed by atoms with Crippen molar-refractivity contribution >= 4 is 17.5 Å². The molecule has 3 aromatic rings. The molecule has 2 aromatic heterocycles. The second kappa shape index (κ2) is 8.66. The van der Waals surface area contributed by atoms with Gasteiger partial charge in [0, 0.05) is 28.6 Å². The molecule has 1 atom stereocenters. The van der Waals surface area contributed by atoms with E-state index in [2.05, 4.69) is 25.0 Å². The Morgan fingerprint density at radius 2 is 1.97 bits per heavy atom. The molecule has 0 bridgehead atoms. The van der Waals surface area contributed by atoms with Gasteiger partial charge in [-0.05, 0) is 29.2 Å². The Bertz CT molecular complexity index is 1090. The van der Waals surface area contributed by atoms with Gasteiger partial charge >= 0.3 is 18.2 Å². The number of anilines is 2. The van der Waals surface area contributed by atoms with Gasteiger partial charge in [-0.2, -0.15) is 0 Å². The minimum absolute atomic E-state index is 0.174. The smallest absolute Gasteiger partial charge is 0.443 e. The van der Waals surface area contributed by atoms with E-state index in [0.29, 0.717) is 17.8 Å². The minimum Gasteiger partial charge on any atom is -0.443 e. The number of aromatic nitrogens is 4. The zero-order valence-corrected chi connectivity index (χ0v) is 16.2. The maximum Gasteiger partial charge on any atom is 0.573 e. The molecule has 1 N–H and O–H groups in total. The summed E-state index contributed by atoms with van der Waals surface area (Å²) < 4.78 is 53.1. The first-order chi connectivity index (χ1) is 15.2. The average molecular weight is 452 g/mol. The van der Waals surface area contributed by atoms with Crippen molar-refractivity contribution in [1.82, 2.24) is 19.5 Å². The Hall–Kier alpha value is -3.94. The lowest BCUT2D eigenvalue weighted by Crippen LogP contribution is -2.32. The summed E-state index contributed by atoms with van der Waals surface area (Å²) in [5, 5.41) is 13.7. The van der Waals surface area contributed by atoms with E-state index in [-0.39, 0.29) is 42.8 Å². The second-order valence-electron chi connectivity index (χ2n) is 6.65. The first-order valence-electron chi connectivity index (χ1n) is 9.15. The molecule has 1 aliphatic rings. The number of imidazole rings is 1. The first kappa shape index (κ1) is 21.3. The topological polar surface area (TPSA) is 126 Å². The number of nitrogens with zero attached hydrogens (tertiary/aromatic N) is 5. The van der Waals surface area contributed by atoms with Crippen molar-refractivity contribution in [2.45, 2.75) is 25.6 Å². The standard InChI is InChI=1S/C18H15F3N6O5/c19-18(20,21)32-13-3-1-12(2-4-13)24-16-22-5-11(6-23-16)9-30-14-7-26-8-15(27(28)29)25-17(26)31-10-14/h1-6,8,14H,7,9-10H2,(H,22,23,24)/t14-/m0/s1. The third kappa shape index (κ3) is 5.40.